The summed E-state index contributed by atoms with van der Waals surface area (Å²) in [5.74, 6) is 0.378. The zero-order chi connectivity index (χ0) is 35.7. The van der Waals surface area contributed by atoms with Crippen LogP contribution in [0.1, 0.15) is 176 Å². The average molecular weight is 828 g/mol. The van der Waals surface area contributed by atoms with E-state index in [2.05, 4.69) is 79.4 Å². The van der Waals surface area contributed by atoms with Crippen LogP contribution in [0.5, 0.6) is 0 Å². The van der Waals surface area contributed by atoms with Gasteiger partial charge in [-0.2, -0.15) is 0 Å². The van der Waals surface area contributed by atoms with Crippen LogP contribution in [0.3, 0.4) is 0 Å². The fraction of sp³-hybridized carbons (Fsp3) is 0.919. The standard InChI is InChI=1S/3C12H24O2S.CH3.Sn/c3*1-10(2)8-6-4-3-5-7-9-11(15)12(13)14;;/h3*10-11,15H,3-9H2,1-2H3,(H,13,14);1H3;/q;;;;+3/p-3. The molecule has 10 heteroatoms. The molecule has 0 bridgehead atoms. The summed E-state index contributed by atoms with van der Waals surface area (Å²) in [6.45, 7) is 13.4. The molecule has 3 atom stereocenters. The van der Waals surface area contributed by atoms with Gasteiger partial charge in [-0.15, -0.1) is 0 Å². The van der Waals surface area contributed by atoms with Crippen molar-refractivity contribution in [2.75, 3.05) is 0 Å². The molecule has 0 aliphatic heterocycles. The van der Waals surface area contributed by atoms with Gasteiger partial charge in [-0.05, 0) is 0 Å². The van der Waals surface area contributed by atoms with E-state index in [1.807, 2.05) is 0 Å². The van der Waals surface area contributed by atoms with Gasteiger partial charge in [0.2, 0.25) is 0 Å². The van der Waals surface area contributed by atoms with Crippen LogP contribution in [0.2, 0.25) is 4.94 Å². The molecule has 0 heterocycles. The third-order valence-corrected chi connectivity index (χ3v) is 14.8. The van der Waals surface area contributed by atoms with E-state index in [9.17, 15) is 14.4 Å². The van der Waals surface area contributed by atoms with Crippen molar-refractivity contribution in [3.05, 3.63) is 0 Å². The van der Waals surface area contributed by atoms with Crippen molar-refractivity contribution < 1.29 is 23.6 Å². The second kappa shape index (κ2) is 28.9. The third-order valence-electron chi connectivity index (χ3n) is 8.45. The van der Waals surface area contributed by atoms with Crippen LogP contribution in [0.25, 0.3) is 0 Å². The second-order valence-corrected chi connectivity index (χ2v) is 23.4. The molecule has 0 spiro atoms. The summed E-state index contributed by atoms with van der Waals surface area (Å²) in [4.78, 5) is 40.8. The van der Waals surface area contributed by atoms with E-state index < -0.39 is 53.3 Å². The van der Waals surface area contributed by atoms with Crippen LogP contribution in [0.4, 0.5) is 0 Å². The predicted molar refractivity (Wildman–Crippen MR) is 210 cm³/mol. The van der Waals surface area contributed by atoms with Crippen molar-refractivity contribution in [3.8, 4) is 0 Å². The number of hydrogen-bond donors (Lipinski definition) is 3. The molecule has 0 aliphatic rings. The second-order valence-electron chi connectivity index (χ2n) is 14.9. The van der Waals surface area contributed by atoms with Gasteiger partial charge in [-0.25, -0.2) is 0 Å². The summed E-state index contributed by atoms with van der Waals surface area (Å²) in [5.41, 5.74) is 0. The molecule has 6 nitrogen and oxygen atoms in total. The number of carbonyl (C=O) groups excluding carboxylic acids is 3. The van der Waals surface area contributed by atoms with Gasteiger partial charge >= 0.3 is 314 Å². The molecule has 0 aromatic carbocycles. The molecule has 0 saturated carbocycles. The van der Waals surface area contributed by atoms with Crippen molar-refractivity contribution >= 4 is 75.4 Å². The molecule has 278 valence electrons. The zero-order valence-corrected chi connectivity index (χ0v) is 36.6. The van der Waals surface area contributed by atoms with Crippen LogP contribution in [-0.2, 0) is 23.6 Å². The SMILES string of the molecule is CC(C)CCCCCCCC(S)C(=O)[O][Sn]([CH3])([O]C(=O)C(S)CCCCCCCC(C)C)[O]C(=O)C(S)CCCCCCCC(C)C. The van der Waals surface area contributed by atoms with Gasteiger partial charge in [-0.1, -0.05) is 0 Å². The number of thiol groups is 3. The topological polar surface area (TPSA) is 78.9 Å². The molecular weight excluding hydrogens is 755 g/mol. The van der Waals surface area contributed by atoms with E-state index in [0.717, 1.165) is 75.5 Å². The van der Waals surface area contributed by atoms with Crippen LogP contribution in [-0.4, -0.2) is 53.3 Å². The Labute approximate surface area is 311 Å². The van der Waals surface area contributed by atoms with Crippen LogP contribution < -0.4 is 0 Å². The fourth-order valence-corrected chi connectivity index (χ4v) is 11.7. The Bertz CT molecular complexity index is 723. The molecule has 0 aromatic heterocycles. The maximum atomic E-state index is 13.1. The quantitative estimate of drug-likeness (QED) is 0.0380. The molecule has 0 fully saturated rings. The summed E-state index contributed by atoms with van der Waals surface area (Å²) in [7, 11) is 0. The number of rotatable bonds is 30. The van der Waals surface area contributed by atoms with Crippen molar-refractivity contribution in [2.45, 2.75) is 197 Å². The van der Waals surface area contributed by atoms with Gasteiger partial charge in [0.15, 0.2) is 0 Å². The molecule has 0 saturated heterocycles. The Morgan fingerprint density at radius 2 is 0.596 bits per heavy atom. The molecule has 47 heavy (non-hydrogen) atoms. The molecule has 3 unspecified atom stereocenters. The van der Waals surface area contributed by atoms with Crippen molar-refractivity contribution in [2.24, 2.45) is 17.8 Å². The van der Waals surface area contributed by atoms with Gasteiger partial charge < -0.3 is 0 Å². The molecule has 0 aromatic rings. The molecule has 0 rings (SSSR count). The Kier molecular flexibility index (Phi) is 29.1. The third kappa shape index (κ3) is 27.6. The Morgan fingerprint density at radius 1 is 0.404 bits per heavy atom. The van der Waals surface area contributed by atoms with E-state index >= 15 is 0 Å². The van der Waals surface area contributed by atoms with Gasteiger partial charge in [0, 0.05) is 0 Å². The predicted octanol–water partition coefficient (Wildman–Crippen LogP) is 11.2. The molecule has 0 radical (unpaired) electrons. The van der Waals surface area contributed by atoms with Gasteiger partial charge in [-0.3, -0.25) is 0 Å². The molecule has 0 amide bonds. The van der Waals surface area contributed by atoms with E-state index in [1.165, 1.54) is 62.7 Å². The van der Waals surface area contributed by atoms with E-state index in [4.69, 9.17) is 9.22 Å². The Balaban J connectivity index is 5.05. The van der Waals surface area contributed by atoms with Crippen LogP contribution >= 0.6 is 37.9 Å². The van der Waals surface area contributed by atoms with Crippen molar-refractivity contribution in [1.29, 1.82) is 0 Å². The van der Waals surface area contributed by atoms with Crippen molar-refractivity contribution in [1.82, 2.24) is 0 Å². The van der Waals surface area contributed by atoms with Crippen molar-refractivity contribution in [3.63, 3.8) is 0 Å². The van der Waals surface area contributed by atoms with Gasteiger partial charge in [0.1, 0.15) is 0 Å². The molecule has 0 N–H and O–H groups in total. The summed E-state index contributed by atoms with van der Waals surface area (Å²) in [6, 6.07) is 0. The first-order valence-corrected chi connectivity index (χ1v) is 26.8. The maximum absolute atomic E-state index is 13.1. The van der Waals surface area contributed by atoms with E-state index in [1.54, 1.807) is 0 Å². The first-order chi connectivity index (χ1) is 22.2. The summed E-state index contributed by atoms with van der Waals surface area (Å²) in [6.07, 6.45) is 21.6. The van der Waals surface area contributed by atoms with E-state index in [0.29, 0.717) is 19.3 Å². The summed E-state index contributed by atoms with van der Waals surface area (Å²) in [5, 5.41) is -2.03. The Hall–Kier alpha value is 0.259. The molecule has 0 aliphatic carbocycles. The number of unbranched alkanes of at least 4 members (excludes halogenated alkanes) is 12. The van der Waals surface area contributed by atoms with Crippen LogP contribution in [0.15, 0.2) is 0 Å². The molecular formula is C37H72O6S3Sn. The summed E-state index contributed by atoms with van der Waals surface area (Å²) < 4.78 is 17.3. The minimum absolute atomic E-state index is 0.550. The summed E-state index contributed by atoms with van der Waals surface area (Å²) >= 11 is 8.52. The average Bonchev–Trinajstić information content (AvgIpc) is 2.98. The zero-order valence-electron chi connectivity index (χ0n) is 31.1. The van der Waals surface area contributed by atoms with Gasteiger partial charge in [0.05, 0.1) is 0 Å². The number of hydrogen-bond acceptors (Lipinski definition) is 9. The van der Waals surface area contributed by atoms with E-state index in [-0.39, 0.29) is 0 Å². The first kappa shape index (κ1) is 47.3. The first-order valence-electron chi connectivity index (χ1n) is 18.9. The normalized spacial score (nSPS) is 15.0. The fourth-order valence-electron chi connectivity index (χ4n) is 5.43. The Morgan fingerprint density at radius 3 is 0.809 bits per heavy atom. The van der Waals surface area contributed by atoms with Gasteiger partial charge in [0.25, 0.3) is 0 Å². The minimum atomic E-state index is -4.99. The number of carbonyl (C=O) groups is 3. The monoisotopic (exact) mass is 828 g/mol. The van der Waals surface area contributed by atoms with Crippen LogP contribution in [0, 0.1) is 17.8 Å².